The number of aromatic hydroxyl groups is 1. The molecule has 10 heteroatoms. The SMILES string of the molecule is CCOC(=O)C1=C(C)N=c2s/c(=C\c3cc(Cl)cc(Br)c3O)c(=O)n2[C@H]1c1ccccc1OC. The molecule has 1 atom stereocenters. The van der Waals surface area contributed by atoms with Gasteiger partial charge in [0.2, 0.25) is 0 Å². The Labute approximate surface area is 212 Å². The van der Waals surface area contributed by atoms with Crippen LogP contribution in [0.4, 0.5) is 0 Å². The summed E-state index contributed by atoms with van der Waals surface area (Å²) in [5, 5.41) is 10.8. The van der Waals surface area contributed by atoms with Crippen molar-refractivity contribution in [2.24, 2.45) is 4.99 Å². The number of methoxy groups -OCH3 is 1. The molecule has 0 bridgehead atoms. The lowest BCUT2D eigenvalue weighted by atomic mass is 9.95. The highest BCUT2D eigenvalue weighted by Gasteiger charge is 2.34. The van der Waals surface area contributed by atoms with E-state index in [1.165, 1.54) is 11.7 Å². The van der Waals surface area contributed by atoms with Crippen LogP contribution in [-0.2, 0) is 9.53 Å². The number of esters is 1. The number of thiazole rings is 1. The molecule has 1 aromatic heterocycles. The lowest BCUT2D eigenvalue weighted by Gasteiger charge is -2.25. The minimum absolute atomic E-state index is 0.0418. The summed E-state index contributed by atoms with van der Waals surface area (Å²) >= 11 is 10.6. The van der Waals surface area contributed by atoms with Crippen molar-refractivity contribution >= 4 is 50.9 Å². The smallest absolute Gasteiger partial charge is 0.338 e. The Balaban J connectivity index is 2.02. The van der Waals surface area contributed by atoms with Crippen molar-refractivity contribution < 1.29 is 19.4 Å². The fraction of sp³-hybridized carbons (Fsp3) is 0.208. The van der Waals surface area contributed by atoms with Gasteiger partial charge in [0, 0.05) is 16.1 Å². The van der Waals surface area contributed by atoms with E-state index in [0.717, 1.165) is 11.3 Å². The molecule has 0 amide bonds. The number of fused-ring (bicyclic) bond motifs is 1. The lowest BCUT2D eigenvalue weighted by molar-refractivity contribution is -0.139. The van der Waals surface area contributed by atoms with Gasteiger partial charge < -0.3 is 14.6 Å². The topological polar surface area (TPSA) is 90.1 Å². The van der Waals surface area contributed by atoms with E-state index in [-0.39, 0.29) is 23.5 Å². The van der Waals surface area contributed by atoms with Gasteiger partial charge in [-0.25, -0.2) is 9.79 Å². The van der Waals surface area contributed by atoms with E-state index in [2.05, 4.69) is 20.9 Å². The number of phenols is 1. The molecule has 0 saturated carbocycles. The minimum Gasteiger partial charge on any atom is -0.506 e. The predicted octanol–water partition coefficient (Wildman–Crippen LogP) is 3.93. The van der Waals surface area contributed by atoms with E-state index in [4.69, 9.17) is 21.1 Å². The summed E-state index contributed by atoms with van der Waals surface area (Å²) in [5.74, 6) is -0.0692. The second-order valence-electron chi connectivity index (χ2n) is 7.37. The first-order chi connectivity index (χ1) is 16.3. The fourth-order valence-corrected chi connectivity index (χ4v) is 5.69. The first-order valence-electron chi connectivity index (χ1n) is 10.3. The summed E-state index contributed by atoms with van der Waals surface area (Å²) in [4.78, 5) is 31.6. The van der Waals surface area contributed by atoms with E-state index in [9.17, 15) is 14.7 Å². The number of carbonyl (C=O) groups is 1. The maximum absolute atomic E-state index is 13.7. The summed E-state index contributed by atoms with van der Waals surface area (Å²) in [6.07, 6.45) is 1.55. The molecule has 3 aromatic rings. The molecule has 1 aliphatic heterocycles. The van der Waals surface area contributed by atoms with Gasteiger partial charge in [0.1, 0.15) is 17.5 Å². The van der Waals surface area contributed by atoms with Crippen molar-refractivity contribution in [3.05, 3.63) is 88.0 Å². The Morgan fingerprint density at radius 3 is 2.79 bits per heavy atom. The van der Waals surface area contributed by atoms with Crippen molar-refractivity contribution in [2.45, 2.75) is 19.9 Å². The second kappa shape index (κ2) is 9.77. The molecule has 34 heavy (non-hydrogen) atoms. The van der Waals surface area contributed by atoms with Crippen LogP contribution >= 0.6 is 38.9 Å². The molecule has 176 valence electrons. The van der Waals surface area contributed by atoms with Crippen LogP contribution in [0.3, 0.4) is 0 Å². The van der Waals surface area contributed by atoms with Crippen molar-refractivity contribution in [2.75, 3.05) is 13.7 Å². The number of phenolic OH excluding ortho intramolecular Hbond substituents is 1. The number of halogens is 2. The lowest BCUT2D eigenvalue weighted by Crippen LogP contribution is -2.40. The highest BCUT2D eigenvalue weighted by Crippen LogP contribution is 2.36. The number of benzene rings is 2. The zero-order valence-electron chi connectivity index (χ0n) is 18.5. The van der Waals surface area contributed by atoms with Crippen LogP contribution in [-0.4, -0.2) is 29.4 Å². The Hall–Kier alpha value is -2.88. The third kappa shape index (κ3) is 4.31. The number of para-hydroxylation sites is 1. The van der Waals surface area contributed by atoms with Crippen LogP contribution in [0, 0.1) is 0 Å². The number of carbonyl (C=O) groups excluding carboxylic acids is 1. The standard InChI is InChI=1S/C24H20BrClN2O5S/c1-4-33-23(31)19-12(2)27-24-28(20(19)15-7-5-6-8-17(15)32-3)22(30)18(34-24)10-13-9-14(26)11-16(25)21(13)29/h5-11,20,29H,4H2,1-3H3/b18-10-/t20-/m0/s1. The van der Waals surface area contributed by atoms with Gasteiger partial charge in [-0.15, -0.1) is 0 Å². The average Bonchev–Trinajstić information content (AvgIpc) is 3.10. The fourth-order valence-electron chi connectivity index (χ4n) is 3.82. The van der Waals surface area contributed by atoms with Crippen LogP contribution in [0.15, 0.2) is 61.9 Å². The number of nitrogens with zero attached hydrogens (tertiary/aromatic N) is 2. The van der Waals surface area contributed by atoms with Crippen molar-refractivity contribution in [3.63, 3.8) is 0 Å². The minimum atomic E-state index is -0.798. The third-order valence-corrected chi connectivity index (χ3v) is 7.10. The zero-order valence-corrected chi connectivity index (χ0v) is 21.6. The Bertz CT molecular complexity index is 1510. The van der Waals surface area contributed by atoms with E-state index in [1.807, 2.05) is 12.1 Å². The third-order valence-electron chi connectivity index (χ3n) is 5.29. The van der Waals surface area contributed by atoms with Gasteiger partial charge in [-0.2, -0.15) is 0 Å². The molecule has 2 aromatic carbocycles. The molecule has 0 saturated heterocycles. The Morgan fingerprint density at radius 2 is 2.09 bits per heavy atom. The van der Waals surface area contributed by atoms with Gasteiger partial charge in [0.15, 0.2) is 4.80 Å². The number of aromatic nitrogens is 1. The maximum Gasteiger partial charge on any atom is 0.338 e. The van der Waals surface area contributed by atoms with E-state index >= 15 is 0 Å². The van der Waals surface area contributed by atoms with E-state index in [0.29, 0.717) is 41.4 Å². The molecular formula is C24H20BrClN2O5S. The molecule has 0 aliphatic carbocycles. The number of hydrogen-bond acceptors (Lipinski definition) is 7. The maximum atomic E-state index is 13.7. The van der Waals surface area contributed by atoms with E-state index in [1.54, 1.807) is 44.2 Å². The van der Waals surface area contributed by atoms with Gasteiger partial charge in [0.05, 0.1) is 34.0 Å². The molecule has 0 unspecified atom stereocenters. The highest BCUT2D eigenvalue weighted by atomic mass is 79.9. The van der Waals surface area contributed by atoms with Gasteiger partial charge in [-0.3, -0.25) is 9.36 Å². The van der Waals surface area contributed by atoms with Crippen molar-refractivity contribution in [1.29, 1.82) is 0 Å². The van der Waals surface area contributed by atoms with Crippen LogP contribution in [0.1, 0.15) is 31.0 Å². The molecule has 7 nitrogen and oxygen atoms in total. The molecule has 0 spiro atoms. The summed E-state index contributed by atoms with van der Waals surface area (Å²) < 4.78 is 13.0. The molecule has 0 fully saturated rings. The van der Waals surface area contributed by atoms with Crippen LogP contribution in [0.5, 0.6) is 11.5 Å². The normalized spacial score (nSPS) is 15.7. The van der Waals surface area contributed by atoms with Crippen molar-refractivity contribution in [3.8, 4) is 11.5 Å². The molecule has 0 radical (unpaired) electrons. The molecule has 2 heterocycles. The van der Waals surface area contributed by atoms with Gasteiger partial charge in [0.25, 0.3) is 5.56 Å². The summed E-state index contributed by atoms with van der Waals surface area (Å²) in [6.45, 7) is 3.62. The summed E-state index contributed by atoms with van der Waals surface area (Å²) in [7, 11) is 1.53. The van der Waals surface area contributed by atoms with Crippen LogP contribution < -0.4 is 19.6 Å². The van der Waals surface area contributed by atoms with Gasteiger partial charge >= 0.3 is 5.97 Å². The Morgan fingerprint density at radius 1 is 1.35 bits per heavy atom. The largest absolute Gasteiger partial charge is 0.506 e. The quantitative estimate of drug-likeness (QED) is 0.475. The highest BCUT2D eigenvalue weighted by molar-refractivity contribution is 9.10. The predicted molar refractivity (Wildman–Crippen MR) is 134 cm³/mol. The number of allylic oxidation sites excluding steroid dienone is 1. The summed E-state index contributed by atoms with van der Waals surface area (Å²) in [5.41, 5.74) is 1.35. The van der Waals surface area contributed by atoms with E-state index < -0.39 is 12.0 Å². The Kier molecular flexibility index (Phi) is 6.97. The average molecular weight is 564 g/mol. The number of hydrogen-bond donors (Lipinski definition) is 1. The molecule has 1 N–H and O–H groups in total. The molecule has 4 rings (SSSR count). The monoisotopic (exact) mass is 562 g/mol. The summed E-state index contributed by atoms with van der Waals surface area (Å²) in [6, 6.07) is 9.52. The first kappa shape index (κ1) is 24.3. The van der Waals surface area contributed by atoms with Gasteiger partial charge in [-0.05, 0) is 54.1 Å². The van der Waals surface area contributed by atoms with Gasteiger partial charge in [-0.1, -0.05) is 41.1 Å². The zero-order chi connectivity index (χ0) is 24.6. The first-order valence-corrected chi connectivity index (χ1v) is 12.3. The number of ether oxygens (including phenoxy) is 2. The number of rotatable bonds is 5. The second-order valence-corrected chi connectivity index (χ2v) is 9.67. The molecular weight excluding hydrogens is 544 g/mol. The molecule has 1 aliphatic rings. The van der Waals surface area contributed by atoms with Crippen LogP contribution in [0.2, 0.25) is 5.02 Å². The van der Waals surface area contributed by atoms with Crippen molar-refractivity contribution in [1.82, 2.24) is 4.57 Å². The van der Waals surface area contributed by atoms with Crippen LogP contribution in [0.25, 0.3) is 6.08 Å².